The summed E-state index contributed by atoms with van der Waals surface area (Å²) in [6, 6.07) is 1.81. The van der Waals surface area contributed by atoms with Crippen LogP contribution in [0.15, 0.2) is 23.1 Å². The minimum atomic E-state index is -0.0590. The number of hydrogen-bond donors (Lipinski definition) is 2. The van der Waals surface area contributed by atoms with Crippen LogP contribution in [0.4, 0.5) is 0 Å². The summed E-state index contributed by atoms with van der Waals surface area (Å²) < 4.78 is 5.12. The highest BCUT2D eigenvalue weighted by Gasteiger charge is 2.14. The van der Waals surface area contributed by atoms with Gasteiger partial charge in [-0.3, -0.25) is 4.79 Å². The van der Waals surface area contributed by atoms with E-state index in [-0.39, 0.29) is 18.3 Å². The maximum Gasteiger partial charge on any atom is 0.265 e. The van der Waals surface area contributed by atoms with Crippen LogP contribution in [-0.2, 0) is 0 Å². The van der Waals surface area contributed by atoms with E-state index in [2.05, 4.69) is 16.7 Å². The van der Waals surface area contributed by atoms with E-state index >= 15 is 0 Å². The molecule has 2 rings (SSSR count). The molecule has 0 aliphatic carbocycles. The average molecular weight is 289 g/mol. The van der Waals surface area contributed by atoms with E-state index in [0.717, 1.165) is 19.5 Å². The molecule has 18 heavy (non-hydrogen) atoms. The largest absolute Gasteiger partial charge is 0.495 e. The Morgan fingerprint density at radius 3 is 3.11 bits per heavy atom. The monoisotopic (exact) mass is 288 g/mol. The summed E-state index contributed by atoms with van der Waals surface area (Å²) in [4.78, 5) is 12.5. The first-order valence-corrected chi connectivity index (χ1v) is 6.47. The number of carbonyl (C=O) groups excluding carboxylic acids is 1. The lowest BCUT2D eigenvalue weighted by Crippen LogP contribution is -2.29. The Kier molecular flexibility index (Phi) is 6.18. The van der Waals surface area contributed by atoms with Gasteiger partial charge < -0.3 is 15.4 Å². The van der Waals surface area contributed by atoms with Gasteiger partial charge in [0.2, 0.25) is 0 Å². The number of nitrogens with one attached hydrogen (secondary N) is 2. The van der Waals surface area contributed by atoms with Crippen LogP contribution in [0.25, 0.3) is 0 Å². The molecule has 2 N–H and O–H groups in total. The second-order valence-corrected chi connectivity index (χ2v) is 4.73. The molecule has 1 aliphatic rings. The molecule has 0 saturated heterocycles. The van der Waals surface area contributed by atoms with Gasteiger partial charge >= 0.3 is 0 Å². The molecule has 100 valence electrons. The number of rotatable bonds is 4. The third-order valence-electron chi connectivity index (χ3n) is 2.69. The van der Waals surface area contributed by atoms with Crippen molar-refractivity contribution in [3.8, 4) is 5.75 Å². The second kappa shape index (κ2) is 7.41. The maximum absolute atomic E-state index is 11.9. The molecule has 0 spiro atoms. The minimum absolute atomic E-state index is 0. The summed E-state index contributed by atoms with van der Waals surface area (Å²) in [5, 5.41) is 8.02. The van der Waals surface area contributed by atoms with Crippen molar-refractivity contribution in [1.29, 1.82) is 0 Å². The Hall–Kier alpha value is -1.04. The Labute approximate surface area is 117 Å². The number of methoxy groups -OCH3 is 1. The van der Waals surface area contributed by atoms with Gasteiger partial charge in [-0.05, 0) is 24.4 Å². The third-order valence-corrected chi connectivity index (χ3v) is 3.58. The molecule has 6 heteroatoms. The zero-order valence-corrected chi connectivity index (χ0v) is 11.8. The second-order valence-electron chi connectivity index (χ2n) is 3.82. The van der Waals surface area contributed by atoms with E-state index in [9.17, 15) is 4.79 Å². The Morgan fingerprint density at radius 2 is 2.44 bits per heavy atom. The van der Waals surface area contributed by atoms with Crippen LogP contribution in [0.1, 0.15) is 16.1 Å². The summed E-state index contributed by atoms with van der Waals surface area (Å²) in [5.41, 5.74) is 1.28. The third kappa shape index (κ3) is 3.73. The number of amides is 1. The zero-order valence-electron chi connectivity index (χ0n) is 10.2. The lowest BCUT2D eigenvalue weighted by Gasteiger charge is -2.14. The van der Waals surface area contributed by atoms with Gasteiger partial charge in [-0.1, -0.05) is 11.6 Å². The van der Waals surface area contributed by atoms with Crippen molar-refractivity contribution in [2.75, 3.05) is 26.7 Å². The van der Waals surface area contributed by atoms with Gasteiger partial charge in [-0.25, -0.2) is 0 Å². The van der Waals surface area contributed by atoms with Gasteiger partial charge in [0.1, 0.15) is 10.6 Å². The van der Waals surface area contributed by atoms with E-state index in [0.29, 0.717) is 17.2 Å². The fourth-order valence-corrected chi connectivity index (χ4v) is 2.50. The molecule has 0 radical (unpaired) electrons. The molecule has 2 heterocycles. The lowest BCUT2D eigenvalue weighted by atomic mass is 10.1. The fraction of sp³-hybridized carbons (Fsp3) is 0.417. The van der Waals surface area contributed by atoms with Crippen molar-refractivity contribution in [1.82, 2.24) is 10.6 Å². The van der Waals surface area contributed by atoms with Crippen LogP contribution in [-0.4, -0.2) is 32.7 Å². The van der Waals surface area contributed by atoms with Crippen molar-refractivity contribution >= 4 is 29.7 Å². The highest BCUT2D eigenvalue weighted by atomic mass is 35.5. The summed E-state index contributed by atoms with van der Waals surface area (Å²) in [6.45, 7) is 2.51. The molecule has 1 aromatic rings. The van der Waals surface area contributed by atoms with Gasteiger partial charge in [-0.15, -0.1) is 23.7 Å². The zero-order chi connectivity index (χ0) is 12.1. The molecule has 1 aromatic heterocycles. The topological polar surface area (TPSA) is 50.4 Å². The standard InChI is InChI=1S/C12H16N2O2S.ClH/c1-16-10-4-7-17-11(10)12(15)14-8-9-2-5-13-6-3-9;/h2,4,7,13H,3,5-6,8H2,1H3,(H,14,15);1H. The van der Waals surface area contributed by atoms with Gasteiger partial charge in [0.05, 0.1) is 7.11 Å². The molecule has 1 amide bonds. The summed E-state index contributed by atoms with van der Waals surface area (Å²) in [6.07, 6.45) is 3.14. The fourth-order valence-electron chi connectivity index (χ4n) is 1.73. The molecular formula is C12H17ClN2O2S. The molecule has 0 aromatic carbocycles. The highest BCUT2D eigenvalue weighted by molar-refractivity contribution is 7.12. The number of halogens is 1. The molecule has 1 aliphatic heterocycles. The lowest BCUT2D eigenvalue weighted by molar-refractivity contribution is 0.0958. The van der Waals surface area contributed by atoms with Gasteiger partial charge in [0.25, 0.3) is 5.91 Å². The predicted octanol–water partition coefficient (Wildman–Crippen LogP) is 1.83. The van der Waals surface area contributed by atoms with Crippen LogP contribution >= 0.6 is 23.7 Å². The SMILES string of the molecule is COc1ccsc1C(=O)NCC1=CCNCC1.Cl. The molecule has 0 atom stereocenters. The van der Waals surface area contributed by atoms with Gasteiger partial charge in [-0.2, -0.15) is 0 Å². The van der Waals surface area contributed by atoms with E-state index < -0.39 is 0 Å². The minimum Gasteiger partial charge on any atom is -0.495 e. The molecular weight excluding hydrogens is 272 g/mol. The Bertz CT molecular complexity index is 431. The molecule has 0 bridgehead atoms. The molecule has 4 nitrogen and oxygen atoms in total. The predicted molar refractivity (Wildman–Crippen MR) is 76.0 cm³/mol. The molecule has 0 unspecified atom stereocenters. The number of hydrogen-bond acceptors (Lipinski definition) is 4. The van der Waals surface area contributed by atoms with Gasteiger partial charge in [0.15, 0.2) is 0 Å². The van der Waals surface area contributed by atoms with Crippen molar-refractivity contribution in [2.24, 2.45) is 0 Å². The van der Waals surface area contributed by atoms with Crippen molar-refractivity contribution < 1.29 is 9.53 Å². The number of thiophene rings is 1. The van der Waals surface area contributed by atoms with Crippen LogP contribution in [0.5, 0.6) is 5.75 Å². The molecule has 0 fully saturated rings. The number of ether oxygens (including phenoxy) is 1. The summed E-state index contributed by atoms with van der Waals surface area (Å²) >= 11 is 1.40. The van der Waals surface area contributed by atoms with Crippen LogP contribution in [0, 0.1) is 0 Å². The van der Waals surface area contributed by atoms with E-state index in [1.165, 1.54) is 16.9 Å². The van der Waals surface area contributed by atoms with E-state index in [1.807, 2.05) is 11.4 Å². The van der Waals surface area contributed by atoms with E-state index in [4.69, 9.17) is 4.74 Å². The van der Waals surface area contributed by atoms with Crippen LogP contribution < -0.4 is 15.4 Å². The van der Waals surface area contributed by atoms with Crippen molar-refractivity contribution in [3.63, 3.8) is 0 Å². The quantitative estimate of drug-likeness (QED) is 0.831. The Balaban J connectivity index is 0.00000162. The maximum atomic E-state index is 11.9. The van der Waals surface area contributed by atoms with Gasteiger partial charge in [0, 0.05) is 13.1 Å². The van der Waals surface area contributed by atoms with Crippen LogP contribution in [0.3, 0.4) is 0 Å². The normalized spacial score (nSPS) is 14.4. The Morgan fingerprint density at radius 1 is 1.61 bits per heavy atom. The first-order valence-electron chi connectivity index (χ1n) is 5.59. The summed E-state index contributed by atoms with van der Waals surface area (Å²) in [7, 11) is 1.58. The first-order chi connectivity index (χ1) is 8.31. The van der Waals surface area contributed by atoms with Crippen molar-refractivity contribution in [3.05, 3.63) is 28.0 Å². The van der Waals surface area contributed by atoms with Crippen LogP contribution in [0.2, 0.25) is 0 Å². The summed E-state index contributed by atoms with van der Waals surface area (Å²) in [5.74, 6) is 0.586. The highest BCUT2D eigenvalue weighted by Crippen LogP contribution is 2.24. The smallest absolute Gasteiger partial charge is 0.265 e. The first kappa shape index (κ1) is 15.0. The van der Waals surface area contributed by atoms with E-state index in [1.54, 1.807) is 7.11 Å². The van der Waals surface area contributed by atoms with Crippen molar-refractivity contribution in [2.45, 2.75) is 6.42 Å². The molecule has 0 saturated carbocycles. The number of carbonyl (C=O) groups is 1. The average Bonchev–Trinajstić information content (AvgIpc) is 2.85.